The highest BCUT2D eigenvalue weighted by Crippen LogP contribution is 2.24. The first-order valence-corrected chi connectivity index (χ1v) is 5.34. The molecule has 1 aromatic carbocycles. The lowest BCUT2D eigenvalue weighted by molar-refractivity contribution is 0.306. The Kier molecular flexibility index (Phi) is 3.55. The molecule has 0 unspecified atom stereocenters. The summed E-state index contributed by atoms with van der Waals surface area (Å²) in [7, 11) is 0. The third-order valence-electron chi connectivity index (χ3n) is 2.33. The second-order valence-corrected chi connectivity index (χ2v) is 3.58. The third kappa shape index (κ3) is 2.93. The van der Waals surface area contributed by atoms with Crippen molar-refractivity contribution in [3.05, 3.63) is 54.1 Å². The fraction of sp³-hybridized carbons (Fsp3) is 0.154. The SMILES string of the molecule is Nc1cccc(F)c1OCCc1ccccn1. The summed E-state index contributed by atoms with van der Waals surface area (Å²) in [5.41, 5.74) is 6.84. The van der Waals surface area contributed by atoms with Crippen molar-refractivity contribution in [3.63, 3.8) is 0 Å². The Balaban J connectivity index is 1.95. The highest BCUT2D eigenvalue weighted by atomic mass is 19.1. The number of para-hydroxylation sites is 1. The smallest absolute Gasteiger partial charge is 0.177 e. The summed E-state index contributed by atoms with van der Waals surface area (Å²) in [5.74, 6) is -0.325. The molecular formula is C13H13FN2O. The number of nitrogens with two attached hydrogens (primary N) is 1. The van der Waals surface area contributed by atoms with Crippen LogP contribution in [0.3, 0.4) is 0 Å². The lowest BCUT2D eigenvalue weighted by Gasteiger charge is -2.09. The minimum atomic E-state index is -0.439. The van der Waals surface area contributed by atoms with Crippen LogP contribution in [0.15, 0.2) is 42.6 Å². The summed E-state index contributed by atoms with van der Waals surface area (Å²) in [6.07, 6.45) is 2.33. The van der Waals surface area contributed by atoms with Gasteiger partial charge in [0.15, 0.2) is 11.6 Å². The first-order valence-electron chi connectivity index (χ1n) is 5.34. The third-order valence-corrected chi connectivity index (χ3v) is 2.33. The quantitative estimate of drug-likeness (QED) is 0.823. The van der Waals surface area contributed by atoms with Crippen LogP contribution >= 0.6 is 0 Å². The molecule has 0 atom stereocenters. The predicted octanol–water partition coefficient (Wildman–Crippen LogP) is 2.42. The molecule has 0 spiro atoms. The topological polar surface area (TPSA) is 48.1 Å². The average Bonchev–Trinajstić information content (AvgIpc) is 2.34. The Hall–Kier alpha value is -2.10. The molecule has 0 radical (unpaired) electrons. The van der Waals surface area contributed by atoms with Crippen LogP contribution in [0, 0.1) is 5.82 Å². The molecule has 0 fully saturated rings. The molecule has 1 aromatic heterocycles. The Morgan fingerprint density at radius 3 is 2.76 bits per heavy atom. The van der Waals surface area contributed by atoms with Crippen molar-refractivity contribution < 1.29 is 9.13 Å². The highest BCUT2D eigenvalue weighted by Gasteiger charge is 2.06. The fourth-order valence-electron chi connectivity index (χ4n) is 1.48. The standard InChI is InChI=1S/C13H13FN2O/c14-11-5-3-6-12(15)13(11)17-9-7-10-4-1-2-8-16-10/h1-6,8H,7,9,15H2. The zero-order valence-corrected chi connectivity index (χ0v) is 9.27. The number of hydrogen-bond acceptors (Lipinski definition) is 3. The van der Waals surface area contributed by atoms with Crippen LogP contribution in [-0.2, 0) is 6.42 Å². The Morgan fingerprint density at radius 1 is 1.18 bits per heavy atom. The van der Waals surface area contributed by atoms with Gasteiger partial charge in [-0.3, -0.25) is 4.98 Å². The van der Waals surface area contributed by atoms with Gasteiger partial charge in [0.05, 0.1) is 12.3 Å². The number of ether oxygens (including phenoxy) is 1. The minimum absolute atomic E-state index is 0.114. The summed E-state index contributed by atoms with van der Waals surface area (Å²) >= 11 is 0. The molecule has 2 rings (SSSR count). The van der Waals surface area contributed by atoms with E-state index in [1.807, 2.05) is 18.2 Å². The van der Waals surface area contributed by atoms with Crippen molar-refractivity contribution in [1.29, 1.82) is 0 Å². The zero-order chi connectivity index (χ0) is 12.1. The number of benzene rings is 1. The van der Waals surface area contributed by atoms with E-state index in [0.29, 0.717) is 18.7 Å². The van der Waals surface area contributed by atoms with E-state index >= 15 is 0 Å². The van der Waals surface area contributed by atoms with E-state index in [1.54, 1.807) is 18.3 Å². The van der Waals surface area contributed by atoms with E-state index in [0.717, 1.165) is 5.69 Å². The maximum Gasteiger partial charge on any atom is 0.177 e. The minimum Gasteiger partial charge on any atom is -0.488 e. The van der Waals surface area contributed by atoms with Crippen LogP contribution in [0.5, 0.6) is 5.75 Å². The predicted molar refractivity (Wildman–Crippen MR) is 64.2 cm³/mol. The molecule has 0 saturated carbocycles. The molecule has 4 heteroatoms. The summed E-state index contributed by atoms with van der Waals surface area (Å²) in [6, 6.07) is 10.1. The number of aromatic nitrogens is 1. The molecule has 0 amide bonds. The van der Waals surface area contributed by atoms with Gasteiger partial charge in [0, 0.05) is 18.3 Å². The molecule has 1 heterocycles. The van der Waals surface area contributed by atoms with Crippen molar-refractivity contribution in [2.45, 2.75) is 6.42 Å². The molecular weight excluding hydrogens is 219 g/mol. The Bertz CT molecular complexity index is 468. The Labute approximate surface area is 99.1 Å². The number of anilines is 1. The normalized spacial score (nSPS) is 10.2. The average molecular weight is 232 g/mol. The van der Waals surface area contributed by atoms with Crippen molar-refractivity contribution >= 4 is 5.69 Å². The number of halogens is 1. The number of hydrogen-bond donors (Lipinski definition) is 1. The molecule has 0 saturated heterocycles. The van der Waals surface area contributed by atoms with E-state index in [2.05, 4.69) is 4.98 Å². The first-order chi connectivity index (χ1) is 8.27. The molecule has 3 nitrogen and oxygen atoms in total. The van der Waals surface area contributed by atoms with Gasteiger partial charge in [0.2, 0.25) is 0 Å². The van der Waals surface area contributed by atoms with Crippen molar-refractivity contribution in [1.82, 2.24) is 4.98 Å². The Morgan fingerprint density at radius 2 is 2.06 bits per heavy atom. The molecule has 17 heavy (non-hydrogen) atoms. The second kappa shape index (κ2) is 5.30. The van der Waals surface area contributed by atoms with Gasteiger partial charge in [0.25, 0.3) is 0 Å². The van der Waals surface area contributed by atoms with E-state index < -0.39 is 5.82 Å². The molecule has 0 aliphatic rings. The molecule has 88 valence electrons. The van der Waals surface area contributed by atoms with Gasteiger partial charge < -0.3 is 10.5 Å². The number of rotatable bonds is 4. The summed E-state index contributed by atoms with van der Waals surface area (Å²) < 4.78 is 18.7. The van der Waals surface area contributed by atoms with Gasteiger partial charge in [-0.25, -0.2) is 4.39 Å². The monoisotopic (exact) mass is 232 g/mol. The van der Waals surface area contributed by atoms with Crippen molar-refractivity contribution in [3.8, 4) is 5.75 Å². The molecule has 2 aromatic rings. The highest BCUT2D eigenvalue weighted by molar-refractivity contribution is 5.52. The number of nitrogens with zero attached hydrogens (tertiary/aromatic N) is 1. The van der Waals surface area contributed by atoms with E-state index in [4.69, 9.17) is 10.5 Å². The lowest BCUT2D eigenvalue weighted by Crippen LogP contribution is -2.05. The van der Waals surface area contributed by atoms with E-state index in [-0.39, 0.29) is 5.75 Å². The molecule has 0 aliphatic carbocycles. The number of nitrogen functional groups attached to an aromatic ring is 1. The maximum atomic E-state index is 13.4. The van der Waals surface area contributed by atoms with Crippen LogP contribution < -0.4 is 10.5 Å². The lowest BCUT2D eigenvalue weighted by atomic mass is 10.2. The molecule has 2 N–H and O–H groups in total. The van der Waals surface area contributed by atoms with Gasteiger partial charge in [-0.2, -0.15) is 0 Å². The van der Waals surface area contributed by atoms with Crippen molar-refractivity contribution in [2.75, 3.05) is 12.3 Å². The fourth-order valence-corrected chi connectivity index (χ4v) is 1.48. The zero-order valence-electron chi connectivity index (χ0n) is 9.27. The largest absolute Gasteiger partial charge is 0.488 e. The molecule has 0 aliphatic heterocycles. The maximum absolute atomic E-state index is 13.4. The van der Waals surface area contributed by atoms with Crippen LogP contribution in [0.4, 0.5) is 10.1 Å². The summed E-state index contributed by atoms with van der Waals surface area (Å²) in [5, 5.41) is 0. The first kappa shape index (κ1) is 11.4. The van der Waals surface area contributed by atoms with Crippen LogP contribution in [0.2, 0.25) is 0 Å². The van der Waals surface area contributed by atoms with Crippen LogP contribution in [-0.4, -0.2) is 11.6 Å². The van der Waals surface area contributed by atoms with Crippen LogP contribution in [0.25, 0.3) is 0 Å². The van der Waals surface area contributed by atoms with Gasteiger partial charge in [-0.15, -0.1) is 0 Å². The number of pyridine rings is 1. The van der Waals surface area contributed by atoms with Gasteiger partial charge in [-0.05, 0) is 24.3 Å². The molecule has 0 bridgehead atoms. The van der Waals surface area contributed by atoms with Gasteiger partial charge in [-0.1, -0.05) is 12.1 Å². The van der Waals surface area contributed by atoms with Gasteiger partial charge in [0.1, 0.15) is 0 Å². The summed E-state index contributed by atoms with van der Waals surface area (Å²) in [4.78, 5) is 4.15. The van der Waals surface area contributed by atoms with E-state index in [9.17, 15) is 4.39 Å². The van der Waals surface area contributed by atoms with Gasteiger partial charge >= 0.3 is 0 Å². The van der Waals surface area contributed by atoms with Crippen LogP contribution in [0.1, 0.15) is 5.69 Å². The van der Waals surface area contributed by atoms with E-state index in [1.165, 1.54) is 6.07 Å². The van der Waals surface area contributed by atoms with Crippen molar-refractivity contribution in [2.24, 2.45) is 0 Å². The second-order valence-electron chi connectivity index (χ2n) is 3.58. The summed E-state index contributed by atoms with van der Waals surface area (Å²) in [6.45, 7) is 0.349.